The molecular formula is C22H26N6O2S. The van der Waals surface area contributed by atoms with Gasteiger partial charge in [0.2, 0.25) is 11.1 Å². The minimum Gasteiger partial charge on any atom is -0.339 e. The molecule has 1 aliphatic rings. The third kappa shape index (κ3) is 4.14. The number of fused-ring (bicyclic) bond motifs is 1. The highest BCUT2D eigenvalue weighted by Crippen LogP contribution is 2.25. The maximum Gasteiger partial charge on any atom is 0.255 e. The number of hydrogen-bond acceptors (Lipinski definition) is 6. The summed E-state index contributed by atoms with van der Waals surface area (Å²) in [6, 6.07) is 5.54. The van der Waals surface area contributed by atoms with Gasteiger partial charge in [0.15, 0.2) is 0 Å². The van der Waals surface area contributed by atoms with Crippen molar-refractivity contribution in [1.82, 2.24) is 24.5 Å². The molecule has 31 heavy (non-hydrogen) atoms. The van der Waals surface area contributed by atoms with E-state index < -0.39 is 0 Å². The molecule has 3 heterocycles. The second-order valence-corrected chi connectivity index (χ2v) is 8.57. The van der Waals surface area contributed by atoms with Crippen LogP contribution in [0, 0.1) is 20.8 Å². The van der Waals surface area contributed by atoms with Crippen LogP contribution in [-0.4, -0.2) is 55.6 Å². The summed E-state index contributed by atoms with van der Waals surface area (Å²) >= 11 is 1.45. The van der Waals surface area contributed by atoms with Gasteiger partial charge in [-0.1, -0.05) is 23.9 Å². The molecule has 1 saturated heterocycles. The van der Waals surface area contributed by atoms with Gasteiger partial charge < -0.3 is 10.2 Å². The van der Waals surface area contributed by atoms with E-state index in [4.69, 9.17) is 0 Å². The van der Waals surface area contributed by atoms with Crippen molar-refractivity contribution in [2.75, 3.05) is 24.7 Å². The Hall–Kier alpha value is -2.94. The van der Waals surface area contributed by atoms with Crippen LogP contribution in [0.1, 0.15) is 45.7 Å². The lowest BCUT2D eigenvalue weighted by atomic mass is 10.0. The van der Waals surface area contributed by atoms with E-state index in [1.165, 1.54) is 11.8 Å². The Morgan fingerprint density at radius 3 is 2.58 bits per heavy atom. The molecule has 1 fully saturated rings. The SMILES string of the molecule is CSc1nc2nc(C)c(CC(=O)Nc3c(C)cccc3C(=O)N3CCCC3)c(C)n2n1. The Morgan fingerprint density at radius 1 is 1.13 bits per heavy atom. The van der Waals surface area contributed by atoms with Gasteiger partial charge in [0.05, 0.1) is 17.7 Å². The third-order valence-corrected chi connectivity index (χ3v) is 6.25. The fraction of sp³-hybridized carbons (Fsp3) is 0.409. The number of hydrogen-bond donors (Lipinski definition) is 1. The Labute approximate surface area is 185 Å². The second-order valence-electron chi connectivity index (χ2n) is 7.79. The van der Waals surface area contributed by atoms with Crippen molar-refractivity contribution in [2.45, 2.75) is 45.2 Å². The van der Waals surface area contributed by atoms with Crippen LogP contribution >= 0.6 is 11.8 Å². The largest absolute Gasteiger partial charge is 0.339 e. The molecule has 4 rings (SSSR count). The van der Waals surface area contributed by atoms with Crippen LogP contribution in [0.3, 0.4) is 0 Å². The topological polar surface area (TPSA) is 92.5 Å². The predicted octanol–water partition coefficient (Wildman–Crippen LogP) is 3.19. The Bertz CT molecular complexity index is 1170. The smallest absolute Gasteiger partial charge is 0.255 e. The standard InChI is InChI=1S/C22H26N6O2S/c1-13-8-7-9-16(20(30)27-10-5-6-11-27)19(13)24-18(29)12-17-14(2)23-21-25-22(31-4)26-28(21)15(17)3/h7-9H,5-6,10-12H2,1-4H3,(H,24,29). The molecule has 8 nitrogen and oxygen atoms in total. The molecule has 0 saturated carbocycles. The van der Waals surface area contributed by atoms with E-state index in [0.29, 0.717) is 22.2 Å². The molecule has 0 atom stereocenters. The molecule has 2 aromatic heterocycles. The van der Waals surface area contributed by atoms with Crippen molar-refractivity contribution in [2.24, 2.45) is 0 Å². The van der Waals surface area contributed by atoms with Gasteiger partial charge >= 0.3 is 0 Å². The lowest BCUT2D eigenvalue weighted by Crippen LogP contribution is -2.29. The van der Waals surface area contributed by atoms with E-state index >= 15 is 0 Å². The van der Waals surface area contributed by atoms with Gasteiger partial charge in [-0.3, -0.25) is 9.59 Å². The quantitative estimate of drug-likeness (QED) is 0.615. The number of thioether (sulfide) groups is 1. The van der Waals surface area contributed by atoms with Gasteiger partial charge in [-0.05, 0) is 51.5 Å². The lowest BCUT2D eigenvalue weighted by molar-refractivity contribution is -0.115. The van der Waals surface area contributed by atoms with Gasteiger partial charge in [0, 0.05) is 30.0 Å². The van der Waals surface area contributed by atoms with Crippen LogP contribution in [0.4, 0.5) is 5.69 Å². The van der Waals surface area contributed by atoms with E-state index in [1.807, 2.05) is 44.1 Å². The summed E-state index contributed by atoms with van der Waals surface area (Å²) in [7, 11) is 0. The predicted molar refractivity (Wildman–Crippen MR) is 121 cm³/mol. The lowest BCUT2D eigenvalue weighted by Gasteiger charge is -2.19. The maximum absolute atomic E-state index is 13.0. The molecule has 1 aliphatic heterocycles. The number of benzene rings is 1. The van der Waals surface area contributed by atoms with Crippen LogP contribution in [0.2, 0.25) is 0 Å². The summed E-state index contributed by atoms with van der Waals surface area (Å²) in [5, 5.41) is 8.07. The number of nitrogens with zero attached hydrogens (tertiary/aromatic N) is 5. The van der Waals surface area contributed by atoms with Crippen molar-refractivity contribution in [3.63, 3.8) is 0 Å². The summed E-state index contributed by atoms with van der Waals surface area (Å²) in [5.41, 5.74) is 4.38. The fourth-order valence-electron chi connectivity index (χ4n) is 3.98. The summed E-state index contributed by atoms with van der Waals surface area (Å²) in [6.07, 6.45) is 4.09. The number of amides is 2. The first kappa shape index (κ1) is 21.3. The van der Waals surface area contributed by atoms with Gasteiger partial charge in [0.25, 0.3) is 11.7 Å². The van der Waals surface area contributed by atoms with E-state index in [-0.39, 0.29) is 18.2 Å². The monoisotopic (exact) mass is 438 g/mol. The zero-order valence-electron chi connectivity index (χ0n) is 18.2. The number of rotatable bonds is 5. The highest BCUT2D eigenvalue weighted by Gasteiger charge is 2.24. The van der Waals surface area contributed by atoms with Crippen LogP contribution in [0.5, 0.6) is 0 Å². The van der Waals surface area contributed by atoms with Gasteiger partial charge in [-0.15, -0.1) is 5.10 Å². The number of nitrogens with one attached hydrogen (secondary N) is 1. The molecule has 2 amide bonds. The Morgan fingerprint density at radius 2 is 1.87 bits per heavy atom. The zero-order chi connectivity index (χ0) is 22.1. The van der Waals surface area contributed by atoms with Gasteiger partial charge in [-0.2, -0.15) is 4.98 Å². The molecule has 3 aromatic rings. The number of para-hydroxylation sites is 1. The Balaban J connectivity index is 1.60. The molecule has 0 radical (unpaired) electrons. The van der Waals surface area contributed by atoms with E-state index in [2.05, 4.69) is 20.4 Å². The number of likely N-dealkylation sites (tertiary alicyclic amines) is 1. The van der Waals surface area contributed by atoms with Crippen molar-refractivity contribution < 1.29 is 9.59 Å². The summed E-state index contributed by atoms with van der Waals surface area (Å²) in [4.78, 5) is 36.8. The number of carbonyl (C=O) groups excluding carboxylic acids is 2. The van der Waals surface area contributed by atoms with Crippen LogP contribution in [0.25, 0.3) is 5.78 Å². The van der Waals surface area contributed by atoms with Crippen LogP contribution in [0.15, 0.2) is 23.4 Å². The van der Waals surface area contributed by atoms with Crippen LogP contribution in [-0.2, 0) is 11.2 Å². The van der Waals surface area contributed by atoms with Crippen LogP contribution < -0.4 is 5.32 Å². The van der Waals surface area contributed by atoms with E-state index in [9.17, 15) is 9.59 Å². The molecule has 0 spiro atoms. The number of aromatic nitrogens is 4. The molecule has 0 unspecified atom stereocenters. The molecule has 1 aromatic carbocycles. The first-order chi connectivity index (χ1) is 14.9. The van der Waals surface area contributed by atoms with Crippen molar-refractivity contribution in [3.05, 3.63) is 46.3 Å². The molecule has 1 N–H and O–H groups in total. The minimum atomic E-state index is -0.192. The first-order valence-corrected chi connectivity index (χ1v) is 11.6. The third-order valence-electron chi connectivity index (χ3n) is 5.71. The summed E-state index contributed by atoms with van der Waals surface area (Å²) in [5.74, 6) is 0.308. The first-order valence-electron chi connectivity index (χ1n) is 10.3. The highest BCUT2D eigenvalue weighted by molar-refractivity contribution is 7.98. The molecule has 162 valence electrons. The Kier molecular flexibility index (Phi) is 5.95. The molecule has 0 aliphatic carbocycles. The van der Waals surface area contributed by atoms with Gasteiger partial charge in [0.1, 0.15) is 0 Å². The normalized spacial score (nSPS) is 13.7. The molecular weight excluding hydrogens is 412 g/mol. The van der Waals surface area contributed by atoms with Crippen molar-refractivity contribution >= 4 is 35.0 Å². The zero-order valence-corrected chi connectivity index (χ0v) is 19.0. The fourth-order valence-corrected chi connectivity index (χ4v) is 4.32. The molecule has 0 bridgehead atoms. The minimum absolute atomic E-state index is 0.0286. The number of carbonyl (C=O) groups is 2. The van der Waals surface area contributed by atoms with Gasteiger partial charge in [-0.25, -0.2) is 9.50 Å². The van der Waals surface area contributed by atoms with Crippen molar-refractivity contribution in [3.8, 4) is 0 Å². The second kappa shape index (κ2) is 8.66. The highest BCUT2D eigenvalue weighted by atomic mass is 32.2. The molecule has 9 heteroatoms. The number of anilines is 1. The average Bonchev–Trinajstić information content (AvgIpc) is 3.42. The average molecular weight is 439 g/mol. The van der Waals surface area contributed by atoms with E-state index in [0.717, 1.165) is 48.4 Å². The summed E-state index contributed by atoms with van der Waals surface area (Å²) in [6.45, 7) is 7.22. The number of aryl methyl sites for hydroxylation is 3. The maximum atomic E-state index is 13.0. The summed E-state index contributed by atoms with van der Waals surface area (Å²) < 4.78 is 1.68. The van der Waals surface area contributed by atoms with E-state index in [1.54, 1.807) is 10.6 Å². The van der Waals surface area contributed by atoms with Crippen molar-refractivity contribution in [1.29, 1.82) is 0 Å².